The summed E-state index contributed by atoms with van der Waals surface area (Å²) in [6.45, 7) is 9.78. The molecule has 0 bridgehead atoms. The van der Waals surface area contributed by atoms with Gasteiger partial charge < -0.3 is 20.3 Å². The first-order valence-electron chi connectivity index (χ1n) is 14.7. The van der Waals surface area contributed by atoms with Gasteiger partial charge in [-0.3, -0.25) is 14.4 Å². The number of aryl methyl sites for hydroxylation is 1. The Labute approximate surface area is 252 Å². The number of unbranched alkanes of at least 4 members (excludes halogenated alkanes) is 1. The summed E-state index contributed by atoms with van der Waals surface area (Å²) in [6, 6.07) is 17.2. The van der Waals surface area contributed by atoms with Crippen LogP contribution in [0.2, 0.25) is 0 Å². The van der Waals surface area contributed by atoms with Crippen molar-refractivity contribution in [3.8, 4) is 5.69 Å². The number of ether oxygens (including phenoxy) is 1. The van der Waals surface area contributed by atoms with Crippen molar-refractivity contribution >= 4 is 23.7 Å². The number of benzene rings is 2. The highest BCUT2D eigenvalue weighted by molar-refractivity contribution is 6.38. The molecule has 43 heavy (non-hydrogen) atoms. The predicted octanol–water partition coefficient (Wildman–Crippen LogP) is 4.16. The van der Waals surface area contributed by atoms with E-state index in [-0.39, 0.29) is 24.2 Å². The summed E-state index contributed by atoms with van der Waals surface area (Å²) in [5, 5.41) is 14.2. The van der Waals surface area contributed by atoms with Crippen molar-refractivity contribution in [3.05, 3.63) is 77.6 Å². The lowest BCUT2D eigenvalue weighted by Gasteiger charge is -2.26. The van der Waals surface area contributed by atoms with Crippen LogP contribution in [0.4, 0.5) is 4.79 Å². The van der Waals surface area contributed by atoms with Gasteiger partial charge >= 0.3 is 6.09 Å². The van der Waals surface area contributed by atoms with Crippen LogP contribution >= 0.6 is 0 Å². The fraction of sp³-hybridized carbons (Fsp3) is 0.438. The van der Waals surface area contributed by atoms with Crippen molar-refractivity contribution in [1.29, 1.82) is 0 Å². The Morgan fingerprint density at radius 3 is 2.30 bits per heavy atom. The summed E-state index contributed by atoms with van der Waals surface area (Å²) < 4.78 is 5.77. The maximum atomic E-state index is 13.4. The first-order chi connectivity index (χ1) is 20.5. The minimum Gasteiger partial charge on any atom is -0.444 e. The predicted molar refractivity (Wildman–Crippen MR) is 161 cm³/mol. The molecule has 11 heteroatoms. The Hall–Kier alpha value is -4.54. The van der Waals surface area contributed by atoms with Gasteiger partial charge in [-0.2, -0.15) is 9.90 Å². The number of carbonyl (C=O) groups excluding carboxylic acids is 4. The molecular weight excluding hydrogens is 548 g/mol. The SMILES string of the molecule is CCCC[C@H](NC(=O)O[C@H]1CN(C(=O)c2nn(-c3ccccc3)nc2C)CC1(C)C)C(=O)C(=O)N[C@H](C)c1ccccc1. The van der Waals surface area contributed by atoms with Crippen LogP contribution in [0, 0.1) is 12.3 Å². The van der Waals surface area contributed by atoms with Crippen LogP contribution in [0.3, 0.4) is 0 Å². The van der Waals surface area contributed by atoms with E-state index in [1.165, 1.54) is 4.80 Å². The normalized spacial score (nSPS) is 17.1. The Morgan fingerprint density at radius 2 is 1.65 bits per heavy atom. The third-order valence-electron chi connectivity index (χ3n) is 7.69. The molecule has 1 aliphatic heterocycles. The molecule has 228 valence electrons. The van der Waals surface area contributed by atoms with E-state index < -0.39 is 35.3 Å². The first kappa shape index (κ1) is 31.4. The lowest BCUT2D eigenvalue weighted by molar-refractivity contribution is -0.139. The number of rotatable bonds is 11. The summed E-state index contributed by atoms with van der Waals surface area (Å²) in [5.74, 6) is -1.80. The van der Waals surface area contributed by atoms with E-state index in [0.29, 0.717) is 25.1 Å². The number of carbonyl (C=O) groups is 4. The highest BCUT2D eigenvalue weighted by Gasteiger charge is 2.45. The minimum atomic E-state index is -1.03. The van der Waals surface area contributed by atoms with Crippen LogP contribution < -0.4 is 10.6 Å². The number of hydrogen-bond donors (Lipinski definition) is 2. The Morgan fingerprint density at radius 1 is 1.00 bits per heavy atom. The summed E-state index contributed by atoms with van der Waals surface area (Å²) in [6.07, 6.45) is 0.265. The molecule has 0 spiro atoms. The Kier molecular flexibility index (Phi) is 9.95. The van der Waals surface area contributed by atoms with E-state index in [2.05, 4.69) is 20.8 Å². The maximum Gasteiger partial charge on any atom is 0.408 e. The van der Waals surface area contributed by atoms with Crippen LogP contribution in [0.15, 0.2) is 60.7 Å². The smallest absolute Gasteiger partial charge is 0.408 e. The number of ketones is 1. The van der Waals surface area contributed by atoms with Crippen LogP contribution in [0.1, 0.15) is 74.7 Å². The van der Waals surface area contributed by atoms with Gasteiger partial charge in [0.25, 0.3) is 11.8 Å². The zero-order chi connectivity index (χ0) is 31.1. The van der Waals surface area contributed by atoms with Gasteiger partial charge in [0.05, 0.1) is 24.0 Å². The van der Waals surface area contributed by atoms with Crippen molar-refractivity contribution in [2.45, 2.75) is 72.1 Å². The summed E-state index contributed by atoms with van der Waals surface area (Å²) in [4.78, 5) is 55.4. The fourth-order valence-corrected chi connectivity index (χ4v) is 5.09. The van der Waals surface area contributed by atoms with E-state index in [0.717, 1.165) is 17.7 Å². The standard InChI is InChI=1S/C32H40N6O5/c1-6-7-18-25(28(39)29(40)33-21(2)23-14-10-8-11-15-23)34-31(42)43-26-19-37(20-32(26,4)5)30(41)27-22(3)35-38(36-27)24-16-12-9-13-17-24/h8-17,21,25-26H,6-7,18-20H2,1-5H3,(H,33,40)(H,34,42)/t21-,25+,26+/m1/s1. The van der Waals surface area contributed by atoms with Crippen molar-refractivity contribution in [1.82, 2.24) is 30.5 Å². The van der Waals surface area contributed by atoms with Gasteiger partial charge in [-0.1, -0.05) is 82.1 Å². The molecule has 1 fully saturated rings. The van der Waals surface area contributed by atoms with Gasteiger partial charge in [-0.05, 0) is 38.0 Å². The van der Waals surface area contributed by atoms with Crippen molar-refractivity contribution in [2.75, 3.05) is 13.1 Å². The molecule has 2 heterocycles. The third-order valence-corrected chi connectivity index (χ3v) is 7.69. The van der Waals surface area contributed by atoms with Crippen molar-refractivity contribution in [2.24, 2.45) is 5.41 Å². The average molecular weight is 589 g/mol. The summed E-state index contributed by atoms with van der Waals surface area (Å²) >= 11 is 0. The lowest BCUT2D eigenvalue weighted by atomic mass is 9.90. The highest BCUT2D eigenvalue weighted by Crippen LogP contribution is 2.33. The first-order valence-corrected chi connectivity index (χ1v) is 14.7. The quantitative estimate of drug-likeness (QED) is 0.321. The van der Waals surface area contributed by atoms with Gasteiger partial charge in [0, 0.05) is 12.0 Å². The number of hydrogen-bond acceptors (Lipinski definition) is 7. The summed E-state index contributed by atoms with van der Waals surface area (Å²) in [7, 11) is 0. The molecule has 1 saturated heterocycles. The monoisotopic (exact) mass is 588 g/mol. The molecule has 3 aromatic rings. The molecule has 0 saturated carbocycles. The van der Waals surface area contributed by atoms with Crippen molar-refractivity contribution in [3.63, 3.8) is 0 Å². The van der Waals surface area contributed by atoms with E-state index in [1.807, 2.05) is 81.4 Å². The number of Topliss-reactive ketones (excluding diaryl/α,β-unsaturated/α-hetero) is 1. The largest absolute Gasteiger partial charge is 0.444 e. The topological polar surface area (TPSA) is 136 Å². The van der Waals surface area contributed by atoms with E-state index in [9.17, 15) is 19.2 Å². The van der Waals surface area contributed by atoms with E-state index >= 15 is 0 Å². The lowest BCUT2D eigenvalue weighted by Crippen LogP contribution is -2.49. The second-order valence-electron chi connectivity index (χ2n) is 11.6. The van der Waals surface area contributed by atoms with Crippen LogP contribution in [0.25, 0.3) is 5.69 Å². The van der Waals surface area contributed by atoms with Crippen LogP contribution in [0.5, 0.6) is 0 Å². The van der Waals surface area contributed by atoms with Gasteiger partial charge in [0.1, 0.15) is 12.1 Å². The molecule has 1 aromatic heterocycles. The number of likely N-dealkylation sites (tertiary alicyclic amines) is 1. The minimum absolute atomic E-state index is 0.152. The maximum absolute atomic E-state index is 13.4. The molecule has 3 amide bonds. The molecule has 0 aliphatic carbocycles. The molecule has 2 N–H and O–H groups in total. The Bertz CT molecular complexity index is 1440. The molecule has 2 aromatic carbocycles. The molecule has 0 unspecified atom stereocenters. The van der Waals surface area contributed by atoms with Gasteiger partial charge in [0.15, 0.2) is 5.69 Å². The molecule has 0 radical (unpaired) electrons. The third kappa shape index (κ3) is 7.65. The number of para-hydroxylation sites is 1. The molecule has 4 rings (SSSR count). The molecule has 11 nitrogen and oxygen atoms in total. The molecule has 1 aliphatic rings. The zero-order valence-corrected chi connectivity index (χ0v) is 25.4. The van der Waals surface area contributed by atoms with Gasteiger partial charge in [-0.15, -0.1) is 5.10 Å². The van der Waals surface area contributed by atoms with Crippen LogP contribution in [-0.2, 0) is 14.3 Å². The second-order valence-corrected chi connectivity index (χ2v) is 11.6. The van der Waals surface area contributed by atoms with E-state index in [1.54, 1.807) is 18.7 Å². The van der Waals surface area contributed by atoms with Gasteiger partial charge in [0.2, 0.25) is 5.78 Å². The van der Waals surface area contributed by atoms with E-state index in [4.69, 9.17) is 4.74 Å². The number of amides is 3. The summed E-state index contributed by atoms with van der Waals surface area (Å²) in [5.41, 5.74) is 1.75. The number of aromatic nitrogens is 3. The number of nitrogens with one attached hydrogen (secondary N) is 2. The van der Waals surface area contributed by atoms with Crippen molar-refractivity contribution < 1.29 is 23.9 Å². The van der Waals surface area contributed by atoms with Gasteiger partial charge in [-0.25, -0.2) is 4.79 Å². The second kappa shape index (κ2) is 13.6. The average Bonchev–Trinajstić information content (AvgIpc) is 3.53. The Balaban J connectivity index is 1.39. The number of nitrogens with zero attached hydrogens (tertiary/aromatic N) is 4. The molecular formula is C32H40N6O5. The highest BCUT2D eigenvalue weighted by atomic mass is 16.6. The van der Waals surface area contributed by atoms with Crippen LogP contribution in [-0.4, -0.2) is 68.8 Å². The zero-order valence-electron chi connectivity index (χ0n) is 25.4. The fourth-order valence-electron chi connectivity index (χ4n) is 5.09. The number of alkyl carbamates (subject to hydrolysis) is 1. The molecule has 3 atom stereocenters.